The van der Waals surface area contributed by atoms with E-state index in [-0.39, 0.29) is 17.8 Å². The molecule has 0 unspecified atom stereocenters. The third-order valence-electron chi connectivity index (χ3n) is 8.05. The molecule has 3 fully saturated rings. The van der Waals surface area contributed by atoms with Crippen LogP contribution in [0.2, 0.25) is 0 Å². The maximum atomic E-state index is 15.0. The lowest BCUT2D eigenvalue weighted by Gasteiger charge is -2.29. The fourth-order valence-electron chi connectivity index (χ4n) is 6.15. The van der Waals surface area contributed by atoms with Gasteiger partial charge in [0.15, 0.2) is 0 Å². The Labute approximate surface area is 211 Å². The Balaban J connectivity index is 1.82. The molecule has 3 aliphatic rings. The molecule has 37 heavy (non-hydrogen) atoms. The smallest absolute Gasteiger partial charge is 0.284 e. The van der Waals surface area contributed by atoms with Gasteiger partial charge in [0.05, 0.1) is 0 Å². The van der Waals surface area contributed by atoms with Crippen molar-refractivity contribution >= 4 is 15.9 Å². The second kappa shape index (κ2) is 10.1. The van der Waals surface area contributed by atoms with E-state index >= 15 is 0 Å². The van der Waals surface area contributed by atoms with Crippen LogP contribution in [0.5, 0.6) is 0 Å². The van der Waals surface area contributed by atoms with Gasteiger partial charge in [-0.05, 0) is 73.0 Å². The van der Waals surface area contributed by atoms with Crippen LogP contribution in [0.15, 0.2) is 12.1 Å². The highest BCUT2D eigenvalue weighted by atomic mass is 32.2. The van der Waals surface area contributed by atoms with Crippen LogP contribution in [0.3, 0.4) is 0 Å². The number of hydrogen-bond acceptors (Lipinski definition) is 4. The summed E-state index contributed by atoms with van der Waals surface area (Å²) in [4.78, 5) is 13.2. The van der Waals surface area contributed by atoms with Crippen LogP contribution in [0.4, 0.5) is 26.3 Å². The lowest BCUT2D eigenvalue weighted by atomic mass is 9.79. The molecule has 1 N–H and O–H groups in total. The van der Waals surface area contributed by atoms with E-state index < -0.39 is 38.9 Å². The lowest BCUT2D eigenvalue weighted by Crippen LogP contribution is -2.53. The fourth-order valence-corrected chi connectivity index (χ4v) is 6.49. The van der Waals surface area contributed by atoms with Gasteiger partial charge in [-0.3, -0.25) is 9.35 Å². The van der Waals surface area contributed by atoms with Crippen molar-refractivity contribution < 1.29 is 48.8 Å². The summed E-state index contributed by atoms with van der Waals surface area (Å²) < 4.78 is 118. The van der Waals surface area contributed by atoms with Crippen molar-refractivity contribution in [3.05, 3.63) is 34.4 Å². The van der Waals surface area contributed by atoms with E-state index in [0.29, 0.717) is 36.8 Å². The van der Waals surface area contributed by atoms with Gasteiger partial charge in [-0.2, -0.15) is 34.8 Å². The molecule has 0 radical (unpaired) electrons. The summed E-state index contributed by atoms with van der Waals surface area (Å²) in [5, 5.41) is -6.40. The number of halogens is 6. The zero-order chi connectivity index (χ0) is 27.2. The van der Waals surface area contributed by atoms with Gasteiger partial charge in [0.1, 0.15) is 0 Å². The molecule has 0 atom stereocenters. The van der Waals surface area contributed by atoms with Crippen molar-refractivity contribution in [2.24, 2.45) is 0 Å². The highest BCUT2D eigenvalue weighted by Crippen LogP contribution is 2.48. The van der Waals surface area contributed by atoms with Crippen molar-refractivity contribution in [2.45, 2.75) is 112 Å². The van der Waals surface area contributed by atoms with Crippen molar-refractivity contribution in [1.29, 1.82) is 0 Å². The number of carbonyl (C=O) groups is 1. The van der Waals surface area contributed by atoms with Gasteiger partial charge in [0.2, 0.25) is 0 Å². The Bertz CT molecular complexity index is 1080. The predicted octanol–water partition coefficient (Wildman–Crippen LogP) is 7.52. The molecule has 0 amide bonds. The monoisotopic (exact) mass is 556 g/mol. The first-order valence-electron chi connectivity index (χ1n) is 12.7. The first kappa shape index (κ1) is 28.4. The lowest BCUT2D eigenvalue weighted by molar-refractivity contribution is -0.395. The Hall–Kier alpha value is -1.66. The third-order valence-corrected chi connectivity index (χ3v) is 8.93. The first-order valence-corrected chi connectivity index (χ1v) is 14.1. The van der Waals surface area contributed by atoms with Gasteiger partial charge in [-0.25, -0.2) is 4.74 Å². The van der Waals surface area contributed by atoms with E-state index in [4.69, 9.17) is 4.55 Å². The Morgan fingerprint density at radius 3 is 1.51 bits per heavy atom. The van der Waals surface area contributed by atoms with E-state index in [9.17, 15) is 39.6 Å². The summed E-state index contributed by atoms with van der Waals surface area (Å²) in [6.45, 7) is 0. The minimum Gasteiger partial charge on any atom is -0.284 e. The molecule has 1 aromatic carbocycles. The summed E-state index contributed by atoms with van der Waals surface area (Å²) >= 11 is 0. The molecule has 1 aromatic rings. The molecule has 3 aliphatic carbocycles. The van der Waals surface area contributed by atoms with Gasteiger partial charge in [-0.1, -0.05) is 50.7 Å². The van der Waals surface area contributed by atoms with Gasteiger partial charge >= 0.3 is 27.6 Å². The Morgan fingerprint density at radius 2 is 1.14 bits per heavy atom. The predicted molar refractivity (Wildman–Crippen MR) is 122 cm³/mol. The number of benzene rings is 1. The number of ketones is 1. The second-order valence-corrected chi connectivity index (χ2v) is 11.9. The maximum Gasteiger partial charge on any atom is 0.460 e. The van der Waals surface area contributed by atoms with Crippen LogP contribution in [0, 0.1) is 0 Å². The molecule has 12 heteroatoms. The Morgan fingerprint density at radius 1 is 0.757 bits per heavy atom. The second-order valence-electron chi connectivity index (χ2n) is 10.5. The fraction of sp³-hybridized carbons (Fsp3) is 0.720. The van der Waals surface area contributed by atoms with Gasteiger partial charge in [-0.15, -0.1) is 0 Å². The summed E-state index contributed by atoms with van der Waals surface area (Å²) in [6, 6.07) is 3.39. The molecule has 0 bridgehead atoms. The van der Waals surface area contributed by atoms with Crippen LogP contribution < -0.4 is 0 Å². The van der Waals surface area contributed by atoms with E-state index in [1.165, 1.54) is 0 Å². The van der Waals surface area contributed by atoms with Crippen molar-refractivity contribution in [3.8, 4) is 0 Å². The third kappa shape index (κ3) is 5.43. The average Bonchev–Trinajstić information content (AvgIpc) is 3.59. The van der Waals surface area contributed by atoms with Gasteiger partial charge in [0, 0.05) is 5.56 Å². The Kier molecular flexibility index (Phi) is 7.77. The number of Topliss-reactive ketones (excluding diaryl/α,β-unsaturated/α-hetero) is 1. The minimum atomic E-state index is -6.83. The molecule has 3 saturated carbocycles. The molecule has 0 aliphatic heterocycles. The van der Waals surface area contributed by atoms with Crippen molar-refractivity contribution in [3.63, 3.8) is 0 Å². The highest BCUT2D eigenvalue weighted by molar-refractivity contribution is 7.86. The molecule has 4 rings (SSSR count). The number of carbonyl (C=O) groups excluding carboxylic acids is 1. The minimum absolute atomic E-state index is 0.180. The summed E-state index contributed by atoms with van der Waals surface area (Å²) in [6.07, 6.45) is -2.52. The quantitative estimate of drug-likeness (QED) is 0.193. The first-order chi connectivity index (χ1) is 17.2. The average molecular weight is 557 g/mol. The zero-order valence-corrected chi connectivity index (χ0v) is 20.9. The van der Waals surface area contributed by atoms with Crippen LogP contribution in [0.25, 0.3) is 0 Å². The number of hydrogen-bond donors (Lipinski definition) is 1. The molecular weight excluding hydrogens is 526 g/mol. The van der Waals surface area contributed by atoms with E-state index in [2.05, 4.69) is 4.74 Å². The van der Waals surface area contributed by atoms with Crippen molar-refractivity contribution in [1.82, 2.24) is 0 Å². The summed E-state index contributed by atoms with van der Waals surface area (Å²) in [5.74, 6) is -2.59. The zero-order valence-electron chi connectivity index (χ0n) is 20.1. The molecule has 208 valence electrons. The van der Waals surface area contributed by atoms with Crippen LogP contribution in [-0.2, 0) is 14.9 Å². The standard InChI is InChI=1S/C25H30F6O5S/c26-23(27,36-24(28,29)25(30,31)37(33,34)35)22(32)21-19(16-9-3-4-10-16)13-18(15-7-1-2-8-15)14-20(21)17-11-5-6-12-17/h13-17H,1-12H2,(H,33,34,35). The van der Waals surface area contributed by atoms with E-state index in [0.717, 1.165) is 56.9 Å². The van der Waals surface area contributed by atoms with E-state index in [1.807, 2.05) is 0 Å². The van der Waals surface area contributed by atoms with Crippen molar-refractivity contribution in [2.75, 3.05) is 0 Å². The summed E-state index contributed by atoms with van der Waals surface area (Å²) in [5.41, 5.74) is 1.01. The number of alkyl halides is 6. The maximum absolute atomic E-state index is 15.0. The molecule has 0 heterocycles. The number of ether oxygens (including phenoxy) is 1. The summed E-state index contributed by atoms with van der Waals surface area (Å²) in [7, 11) is -6.83. The molecule has 0 aromatic heterocycles. The van der Waals surface area contributed by atoms with Crippen LogP contribution in [-0.4, -0.2) is 36.2 Å². The van der Waals surface area contributed by atoms with Crippen LogP contribution in [0.1, 0.15) is 122 Å². The van der Waals surface area contributed by atoms with Crippen LogP contribution >= 0.6 is 0 Å². The highest BCUT2D eigenvalue weighted by Gasteiger charge is 2.71. The topological polar surface area (TPSA) is 80.7 Å². The SMILES string of the molecule is O=C(c1c(C2CCCC2)cc(C2CCCC2)cc1C1CCCC1)C(F)(F)OC(F)(F)C(F)(F)S(=O)(=O)O. The van der Waals surface area contributed by atoms with E-state index in [1.54, 1.807) is 12.1 Å². The molecular formula is C25H30F6O5S. The van der Waals surface area contributed by atoms with Gasteiger partial charge in [0.25, 0.3) is 5.78 Å². The molecule has 0 saturated heterocycles. The normalized spacial score (nSPS) is 21.3. The number of rotatable bonds is 9. The largest absolute Gasteiger partial charge is 0.460 e. The molecule has 0 spiro atoms. The molecule has 5 nitrogen and oxygen atoms in total. The van der Waals surface area contributed by atoms with Gasteiger partial charge < -0.3 is 0 Å².